The van der Waals surface area contributed by atoms with Gasteiger partial charge in [-0.05, 0) is 27.7 Å². The van der Waals surface area contributed by atoms with E-state index in [4.69, 9.17) is 4.74 Å². The Hall–Kier alpha value is -0.450. The normalized spacial score (nSPS) is 13.4. The summed E-state index contributed by atoms with van der Waals surface area (Å²) in [6, 6.07) is 0.319. The predicted molar refractivity (Wildman–Crippen MR) is 64.4 cm³/mol. The van der Waals surface area contributed by atoms with Crippen LogP contribution in [0, 0.1) is 6.92 Å². The molecule has 1 aromatic rings. The molecule has 1 atom stereocenters. The van der Waals surface area contributed by atoms with Crippen LogP contribution in [0.3, 0.4) is 0 Å². The van der Waals surface area contributed by atoms with Gasteiger partial charge in [0.2, 0.25) is 0 Å². The second-order valence-electron chi connectivity index (χ2n) is 3.92. The maximum absolute atomic E-state index is 5.45. The molecule has 0 amide bonds. The van der Waals surface area contributed by atoms with E-state index in [9.17, 15) is 0 Å². The van der Waals surface area contributed by atoms with Gasteiger partial charge in [0.05, 0.1) is 18.8 Å². The smallest absolute Gasteiger partial charge is 0.110 e. The molecule has 0 bridgehead atoms. The maximum Gasteiger partial charge on any atom is 0.110 e. The monoisotopic (exact) mass is 228 g/mol. The van der Waals surface area contributed by atoms with Crippen LogP contribution in [0.15, 0.2) is 5.38 Å². The van der Waals surface area contributed by atoms with Crippen LogP contribution < -0.4 is 5.32 Å². The molecule has 3 nitrogen and oxygen atoms in total. The first-order valence-electron chi connectivity index (χ1n) is 5.36. The lowest BCUT2D eigenvalue weighted by Crippen LogP contribution is -2.24. The lowest BCUT2D eigenvalue weighted by Gasteiger charge is -2.12. The molecular weight excluding hydrogens is 208 g/mol. The fourth-order valence-corrected chi connectivity index (χ4v) is 2.06. The number of aromatic nitrogens is 1. The average Bonchev–Trinajstić information content (AvgIpc) is 2.59. The molecule has 0 radical (unpaired) electrons. The van der Waals surface area contributed by atoms with Crippen molar-refractivity contribution in [2.24, 2.45) is 0 Å². The third-order valence-electron chi connectivity index (χ3n) is 2.01. The molecule has 1 heterocycles. The van der Waals surface area contributed by atoms with E-state index in [1.165, 1.54) is 0 Å². The molecule has 1 rings (SSSR count). The summed E-state index contributed by atoms with van der Waals surface area (Å²) >= 11 is 1.71. The number of nitrogens with zero attached hydrogens (tertiary/aromatic N) is 1. The van der Waals surface area contributed by atoms with Gasteiger partial charge in [-0.1, -0.05) is 0 Å². The van der Waals surface area contributed by atoms with Crippen molar-refractivity contribution in [3.63, 3.8) is 0 Å². The number of nitrogens with one attached hydrogen (secondary N) is 1. The van der Waals surface area contributed by atoms with Crippen molar-refractivity contribution >= 4 is 11.3 Å². The first-order valence-corrected chi connectivity index (χ1v) is 6.24. The third kappa shape index (κ3) is 4.73. The fourth-order valence-electron chi connectivity index (χ4n) is 1.23. The second-order valence-corrected chi connectivity index (χ2v) is 4.81. The van der Waals surface area contributed by atoms with E-state index in [1.807, 2.05) is 20.8 Å². The maximum atomic E-state index is 5.45. The molecule has 0 fully saturated rings. The van der Waals surface area contributed by atoms with E-state index in [2.05, 4.69) is 22.6 Å². The molecule has 15 heavy (non-hydrogen) atoms. The molecule has 0 aromatic carbocycles. The van der Waals surface area contributed by atoms with Gasteiger partial charge in [0, 0.05) is 17.6 Å². The lowest BCUT2D eigenvalue weighted by molar-refractivity contribution is 0.0796. The SMILES string of the molecule is Cc1csc(C(C)NCCOC(C)C)n1. The molecule has 0 saturated heterocycles. The van der Waals surface area contributed by atoms with Crippen LogP contribution in [0.25, 0.3) is 0 Å². The summed E-state index contributed by atoms with van der Waals surface area (Å²) in [7, 11) is 0. The summed E-state index contributed by atoms with van der Waals surface area (Å²) in [5, 5.41) is 6.62. The van der Waals surface area contributed by atoms with Gasteiger partial charge in [-0.15, -0.1) is 11.3 Å². The number of hydrogen-bond donors (Lipinski definition) is 1. The molecule has 0 aliphatic heterocycles. The van der Waals surface area contributed by atoms with Gasteiger partial charge < -0.3 is 10.1 Å². The summed E-state index contributed by atoms with van der Waals surface area (Å²) in [5.74, 6) is 0. The van der Waals surface area contributed by atoms with Crippen molar-refractivity contribution in [3.05, 3.63) is 16.1 Å². The molecule has 1 unspecified atom stereocenters. The Balaban J connectivity index is 2.21. The van der Waals surface area contributed by atoms with Crippen molar-refractivity contribution in [3.8, 4) is 0 Å². The Morgan fingerprint density at radius 3 is 2.73 bits per heavy atom. The summed E-state index contributed by atoms with van der Waals surface area (Å²) in [4.78, 5) is 4.44. The van der Waals surface area contributed by atoms with E-state index in [1.54, 1.807) is 11.3 Å². The second kappa shape index (κ2) is 6.20. The van der Waals surface area contributed by atoms with E-state index in [-0.39, 0.29) is 0 Å². The number of ether oxygens (including phenoxy) is 1. The quantitative estimate of drug-likeness (QED) is 0.760. The fraction of sp³-hybridized carbons (Fsp3) is 0.727. The van der Waals surface area contributed by atoms with Crippen LogP contribution in [0.5, 0.6) is 0 Å². The van der Waals surface area contributed by atoms with Crippen molar-refractivity contribution < 1.29 is 4.74 Å². The molecule has 86 valence electrons. The van der Waals surface area contributed by atoms with Gasteiger partial charge in [-0.2, -0.15) is 0 Å². The standard InChI is InChI=1S/C11H20N2OS/c1-8(2)14-6-5-12-10(4)11-13-9(3)7-15-11/h7-8,10,12H,5-6H2,1-4H3. The van der Waals surface area contributed by atoms with Crippen molar-refractivity contribution in [1.82, 2.24) is 10.3 Å². The van der Waals surface area contributed by atoms with Crippen LogP contribution in [0.4, 0.5) is 0 Å². The Bertz CT molecular complexity index is 286. The highest BCUT2D eigenvalue weighted by Gasteiger charge is 2.07. The Labute approximate surface area is 95.9 Å². The highest BCUT2D eigenvalue weighted by Crippen LogP contribution is 2.16. The summed E-state index contributed by atoms with van der Waals surface area (Å²) in [5.41, 5.74) is 1.10. The molecule has 1 aromatic heterocycles. The van der Waals surface area contributed by atoms with Crippen LogP contribution in [0.1, 0.15) is 37.5 Å². The van der Waals surface area contributed by atoms with E-state index < -0.39 is 0 Å². The molecule has 1 N–H and O–H groups in total. The molecule has 0 aliphatic rings. The highest BCUT2D eigenvalue weighted by molar-refractivity contribution is 7.09. The number of thiazole rings is 1. The van der Waals surface area contributed by atoms with Crippen LogP contribution in [-0.2, 0) is 4.74 Å². The Morgan fingerprint density at radius 1 is 1.47 bits per heavy atom. The predicted octanol–water partition coefficient (Wildman–Crippen LogP) is 2.53. The summed E-state index contributed by atoms with van der Waals surface area (Å²) in [6.07, 6.45) is 0.309. The topological polar surface area (TPSA) is 34.1 Å². The first kappa shape index (κ1) is 12.6. The minimum atomic E-state index is 0.309. The van der Waals surface area contributed by atoms with Crippen molar-refractivity contribution in [2.45, 2.75) is 39.8 Å². The lowest BCUT2D eigenvalue weighted by atomic mass is 10.3. The van der Waals surface area contributed by atoms with Crippen LogP contribution in [-0.4, -0.2) is 24.2 Å². The number of rotatable bonds is 6. The van der Waals surface area contributed by atoms with E-state index >= 15 is 0 Å². The van der Waals surface area contributed by atoms with Crippen molar-refractivity contribution in [1.29, 1.82) is 0 Å². The zero-order valence-electron chi connectivity index (χ0n) is 9.91. The largest absolute Gasteiger partial charge is 0.377 e. The molecule has 4 heteroatoms. The Kier molecular flexibility index (Phi) is 5.22. The summed E-state index contributed by atoms with van der Waals surface area (Å²) < 4.78 is 5.45. The van der Waals surface area contributed by atoms with Crippen LogP contribution >= 0.6 is 11.3 Å². The zero-order chi connectivity index (χ0) is 11.3. The van der Waals surface area contributed by atoms with E-state index in [0.717, 1.165) is 23.9 Å². The summed E-state index contributed by atoms with van der Waals surface area (Å²) in [6.45, 7) is 9.88. The molecule has 0 saturated carbocycles. The average molecular weight is 228 g/mol. The van der Waals surface area contributed by atoms with Gasteiger partial charge >= 0.3 is 0 Å². The number of aryl methyl sites for hydroxylation is 1. The zero-order valence-corrected chi connectivity index (χ0v) is 10.7. The molecule has 0 spiro atoms. The molecular formula is C11H20N2OS. The van der Waals surface area contributed by atoms with Crippen molar-refractivity contribution in [2.75, 3.05) is 13.2 Å². The van der Waals surface area contributed by atoms with Gasteiger partial charge in [-0.25, -0.2) is 4.98 Å². The van der Waals surface area contributed by atoms with Gasteiger partial charge in [-0.3, -0.25) is 0 Å². The minimum absolute atomic E-state index is 0.309. The van der Waals surface area contributed by atoms with E-state index in [0.29, 0.717) is 12.1 Å². The van der Waals surface area contributed by atoms with Crippen LogP contribution in [0.2, 0.25) is 0 Å². The van der Waals surface area contributed by atoms with Gasteiger partial charge in [0.1, 0.15) is 5.01 Å². The highest BCUT2D eigenvalue weighted by atomic mass is 32.1. The number of hydrogen-bond acceptors (Lipinski definition) is 4. The van der Waals surface area contributed by atoms with Gasteiger partial charge in [0.25, 0.3) is 0 Å². The molecule has 0 aliphatic carbocycles. The van der Waals surface area contributed by atoms with Gasteiger partial charge in [0.15, 0.2) is 0 Å². The third-order valence-corrected chi connectivity index (χ3v) is 3.16. The Morgan fingerprint density at radius 2 is 2.20 bits per heavy atom. The first-order chi connectivity index (χ1) is 7.09. The minimum Gasteiger partial charge on any atom is -0.377 e.